The lowest BCUT2D eigenvalue weighted by atomic mass is 10.2. The molecule has 112 valence electrons. The van der Waals surface area contributed by atoms with E-state index in [-0.39, 0.29) is 17.9 Å². The molecule has 0 unspecified atom stereocenters. The molecule has 0 saturated heterocycles. The normalized spacial score (nSPS) is 10.2. The second kappa shape index (κ2) is 6.61. The van der Waals surface area contributed by atoms with Gasteiger partial charge in [0.25, 0.3) is 5.69 Å². The molecule has 0 spiro atoms. The summed E-state index contributed by atoms with van der Waals surface area (Å²) in [6, 6.07) is 4.20. The van der Waals surface area contributed by atoms with Crippen molar-refractivity contribution in [1.29, 1.82) is 0 Å². The Labute approximate surface area is 122 Å². The molecule has 21 heavy (non-hydrogen) atoms. The van der Waals surface area contributed by atoms with Gasteiger partial charge < -0.3 is 15.8 Å². The van der Waals surface area contributed by atoms with Crippen molar-refractivity contribution in [1.82, 2.24) is 5.32 Å². The molecule has 0 aliphatic rings. The molecule has 0 fully saturated rings. The first-order valence-corrected chi connectivity index (χ1v) is 6.18. The minimum Gasteiger partial charge on any atom is -0.444 e. The van der Waals surface area contributed by atoms with Crippen LogP contribution in [0.25, 0.3) is 0 Å². The summed E-state index contributed by atoms with van der Waals surface area (Å²) >= 11 is 0. The summed E-state index contributed by atoms with van der Waals surface area (Å²) in [6.07, 6.45) is -0.556. The molecule has 0 radical (unpaired) electrons. The summed E-state index contributed by atoms with van der Waals surface area (Å²) in [5.74, 6) is 5.45. The fraction of sp³-hybridized carbons (Fsp3) is 0.357. The first-order valence-electron chi connectivity index (χ1n) is 6.18. The molecule has 0 saturated carbocycles. The Morgan fingerprint density at radius 3 is 2.67 bits per heavy atom. The van der Waals surface area contributed by atoms with Crippen LogP contribution in [-0.4, -0.2) is 23.2 Å². The van der Waals surface area contributed by atoms with Crippen molar-refractivity contribution in [3.8, 4) is 11.8 Å². The van der Waals surface area contributed by atoms with E-state index < -0.39 is 16.6 Å². The Bertz CT molecular complexity index is 609. The average Bonchev–Trinajstić information content (AvgIpc) is 2.32. The number of anilines is 1. The van der Waals surface area contributed by atoms with Gasteiger partial charge in [-0.2, -0.15) is 0 Å². The number of carbonyl (C=O) groups excluding carboxylic acids is 1. The van der Waals surface area contributed by atoms with Crippen LogP contribution in [-0.2, 0) is 4.74 Å². The number of hydrogen-bond acceptors (Lipinski definition) is 5. The average molecular weight is 291 g/mol. The van der Waals surface area contributed by atoms with Crippen LogP contribution in [0.2, 0.25) is 0 Å². The lowest BCUT2D eigenvalue weighted by molar-refractivity contribution is -0.383. The standard InChI is InChI=1S/C14H17N3O4/c1-14(2,3)21-13(18)16-8-4-5-10-6-7-12(17(19)20)11(15)9-10/h6-7,9H,8,15H2,1-3H3,(H,16,18). The third-order valence-corrected chi connectivity index (χ3v) is 2.18. The highest BCUT2D eigenvalue weighted by atomic mass is 16.6. The van der Waals surface area contributed by atoms with Crippen LogP contribution >= 0.6 is 0 Å². The summed E-state index contributed by atoms with van der Waals surface area (Å²) in [7, 11) is 0. The fourth-order valence-corrected chi connectivity index (χ4v) is 1.38. The minimum absolute atomic E-state index is 0.0481. The van der Waals surface area contributed by atoms with Gasteiger partial charge in [-0.25, -0.2) is 4.79 Å². The maximum atomic E-state index is 11.3. The van der Waals surface area contributed by atoms with Crippen molar-refractivity contribution >= 4 is 17.5 Å². The molecule has 0 heterocycles. The highest BCUT2D eigenvalue weighted by Crippen LogP contribution is 2.21. The topological polar surface area (TPSA) is 107 Å². The molecule has 1 rings (SSSR count). The molecule has 3 N–H and O–H groups in total. The van der Waals surface area contributed by atoms with Crippen LogP contribution in [0, 0.1) is 22.0 Å². The number of benzene rings is 1. The van der Waals surface area contributed by atoms with E-state index in [9.17, 15) is 14.9 Å². The van der Waals surface area contributed by atoms with Gasteiger partial charge in [0.15, 0.2) is 0 Å². The summed E-state index contributed by atoms with van der Waals surface area (Å²) in [4.78, 5) is 21.4. The van der Waals surface area contributed by atoms with Gasteiger partial charge in [-0.05, 0) is 32.9 Å². The first kappa shape index (κ1) is 16.3. The van der Waals surface area contributed by atoms with Gasteiger partial charge in [0.1, 0.15) is 11.3 Å². The number of carbonyl (C=O) groups is 1. The van der Waals surface area contributed by atoms with E-state index >= 15 is 0 Å². The Kier molecular flexibility index (Phi) is 5.13. The molecule has 1 aromatic rings. The van der Waals surface area contributed by atoms with E-state index in [1.165, 1.54) is 18.2 Å². The molecule has 0 atom stereocenters. The van der Waals surface area contributed by atoms with Crippen LogP contribution < -0.4 is 11.1 Å². The number of amides is 1. The summed E-state index contributed by atoms with van der Waals surface area (Å²) in [6.45, 7) is 5.39. The number of alkyl carbamates (subject to hydrolysis) is 1. The van der Waals surface area contributed by atoms with Crippen molar-refractivity contribution in [2.24, 2.45) is 0 Å². The predicted molar refractivity (Wildman–Crippen MR) is 78.6 cm³/mol. The predicted octanol–water partition coefficient (Wildman–Crippen LogP) is 2.05. The van der Waals surface area contributed by atoms with Crippen molar-refractivity contribution in [3.63, 3.8) is 0 Å². The number of nitro groups is 1. The number of nitrogens with two attached hydrogens (primary N) is 1. The van der Waals surface area contributed by atoms with Crippen LogP contribution in [0.1, 0.15) is 26.3 Å². The number of nitrogens with one attached hydrogen (secondary N) is 1. The maximum Gasteiger partial charge on any atom is 0.408 e. The number of hydrogen-bond donors (Lipinski definition) is 2. The Morgan fingerprint density at radius 1 is 1.48 bits per heavy atom. The largest absolute Gasteiger partial charge is 0.444 e. The van der Waals surface area contributed by atoms with Crippen molar-refractivity contribution in [3.05, 3.63) is 33.9 Å². The van der Waals surface area contributed by atoms with Gasteiger partial charge in [0.2, 0.25) is 0 Å². The van der Waals surface area contributed by atoms with E-state index in [4.69, 9.17) is 10.5 Å². The molecule has 0 bridgehead atoms. The lowest BCUT2D eigenvalue weighted by Gasteiger charge is -2.18. The zero-order chi connectivity index (χ0) is 16.0. The second-order valence-electron chi connectivity index (χ2n) is 5.19. The van der Waals surface area contributed by atoms with Crippen LogP contribution in [0.4, 0.5) is 16.2 Å². The Morgan fingerprint density at radius 2 is 2.14 bits per heavy atom. The molecular formula is C14H17N3O4. The molecule has 1 aromatic carbocycles. The van der Waals surface area contributed by atoms with E-state index in [1.807, 2.05) is 0 Å². The number of ether oxygens (including phenoxy) is 1. The maximum absolute atomic E-state index is 11.3. The summed E-state index contributed by atoms with van der Waals surface area (Å²) < 4.78 is 5.04. The van der Waals surface area contributed by atoms with Gasteiger partial charge in [0.05, 0.1) is 11.5 Å². The van der Waals surface area contributed by atoms with Crippen molar-refractivity contribution < 1.29 is 14.5 Å². The molecule has 7 heteroatoms. The minimum atomic E-state index is -0.565. The summed E-state index contributed by atoms with van der Waals surface area (Å²) in [5.41, 5.74) is 5.40. The lowest BCUT2D eigenvalue weighted by Crippen LogP contribution is -2.32. The molecule has 0 aliphatic heterocycles. The van der Waals surface area contributed by atoms with E-state index in [2.05, 4.69) is 17.2 Å². The molecule has 7 nitrogen and oxygen atoms in total. The van der Waals surface area contributed by atoms with Gasteiger partial charge in [-0.1, -0.05) is 11.8 Å². The van der Waals surface area contributed by atoms with Crippen LogP contribution in [0.3, 0.4) is 0 Å². The van der Waals surface area contributed by atoms with Gasteiger partial charge in [0, 0.05) is 11.6 Å². The van der Waals surface area contributed by atoms with Gasteiger partial charge >= 0.3 is 6.09 Å². The third kappa shape index (κ3) is 5.82. The van der Waals surface area contributed by atoms with Crippen molar-refractivity contribution in [2.45, 2.75) is 26.4 Å². The second-order valence-corrected chi connectivity index (χ2v) is 5.19. The first-order chi connectivity index (χ1) is 9.69. The number of nitrogens with zero attached hydrogens (tertiary/aromatic N) is 1. The zero-order valence-corrected chi connectivity index (χ0v) is 12.1. The highest BCUT2D eigenvalue weighted by Gasteiger charge is 2.15. The van der Waals surface area contributed by atoms with Crippen molar-refractivity contribution in [2.75, 3.05) is 12.3 Å². The van der Waals surface area contributed by atoms with Gasteiger partial charge in [-0.3, -0.25) is 10.1 Å². The van der Waals surface area contributed by atoms with E-state index in [0.717, 1.165) is 0 Å². The third-order valence-electron chi connectivity index (χ3n) is 2.18. The summed E-state index contributed by atoms with van der Waals surface area (Å²) in [5, 5.41) is 13.1. The number of nitrogen functional groups attached to an aromatic ring is 1. The number of rotatable bonds is 2. The van der Waals surface area contributed by atoms with Crippen LogP contribution in [0.15, 0.2) is 18.2 Å². The van der Waals surface area contributed by atoms with E-state index in [1.54, 1.807) is 20.8 Å². The molecule has 0 aliphatic carbocycles. The monoisotopic (exact) mass is 291 g/mol. The zero-order valence-electron chi connectivity index (χ0n) is 12.1. The van der Waals surface area contributed by atoms with Gasteiger partial charge in [-0.15, -0.1) is 0 Å². The highest BCUT2D eigenvalue weighted by molar-refractivity contribution is 5.68. The Hall–Kier alpha value is -2.75. The van der Waals surface area contributed by atoms with E-state index in [0.29, 0.717) is 5.56 Å². The van der Waals surface area contributed by atoms with Crippen LogP contribution in [0.5, 0.6) is 0 Å². The molecular weight excluding hydrogens is 274 g/mol. The fourth-order valence-electron chi connectivity index (χ4n) is 1.38. The Balaban J connectivity index is 2.58. The smallest absolute Gasteiger partial charge is 0.408 e. The molecule has 0 aromatic heterocycles. The quantitative estimate of drug-likeness (QED) is 0.375. The SMILES string of the molecule is CC(C)(C)OC(=O)NCC#Cc1ccc([N+](=O)[O-])c(N)c1. The molecule has 1 amide bonds. The number of nitro benzene ring substituents is 1.